The number of aliphatic hydroxyl groups excluding tert-OH is 1. The third-order valence-electron chi connectivity index (χ3n) is 3.95. The lowest BCUT2D eigenvalue weighted by atomic mass is 9.81. The highest BCUT2D eigenvalue weighted by atomic mass is 16.5. The van der Waals surface area contributed by atoms with E-state index in [1.807, 2.05) is 30.3 Å². The number of rotatable bonds is 9. The Hall–Kier alpha value is -0.900. The molecule has 3 heteroatoms. The maximum atomic E-state index is 9.88. The van der Waals surface area contributed by atoms with Crippen LogP contribution in [0.5, 0.6) is 0 Å². The molecule has 20 heavy (non-hydrogen) atoms. The maximum Gasteiger partial charge on any atom is 0.0897 e. The average Bonchev–Trinajstić information content (AvgIpc) is 2.39. The number of hydrogen-bond acceptors (Lipinski definition) is 3. The molecule has 0 bridgehead atoms. The quantitative estimate of drug-likeness (QED) is 0.730. The van der Waals surface area contributed by atoms with Crippen molar-refractivity contribution in [3.05, 3.63) is 35.9 Å². The van der Waals surface area contributed by atoms with E-state index in [0.717, 1.165) is 12.1 Å². The van der Waals surface area contributed by atoms with Gasteiger partial charge in [0.2, 0.25) is 0 Å². The summed E-state index contributed by atoms with van der Waals surface area (Å²) in [4.78, 5) is 0. The molecule has 0 saturated carbocycles. The van der Waals surface area contributed by atoms with Crippen molar-refractivity contribution < 1.29 is 9.84 Å². The zero-order valence-corrected chi connectivity index (χ0v) is 13.2. The van der Waals surface area contributed by atoms with Crippen LogP contribution in [0.1, 0.15) is 33.3 Å². The molecule has 114 valence electrons. The van der Waals surface area contributed by atoms with E-state index >= 15 is 0 Å². The molecule has 1 atom stereocenters. The minimum Gasteiger partial charge on any atom is -0.389 e. The Morgan fingerprint density at radius 2 is 1.85 bits per heavy atom. The predicted molar refractivity (Wildman–Crippen MR) is 83.6 cm³/mol. The zero-order chi connectivity index (χ0) is 15.0. The Kier molecular flexibility index (Phi) is 7.20. The Bertz CT molecular complexity index is 363. The van der Waals surface area contributed by atoms with Crippen LogP contribution in [0.25, 0.3) is 0 Å². The molecule has 0 aliphatic heterocycles. The van der Waals surface area contributed by atoms with Gasteiger partial charge in [-0.2, -0.15) is 0 Å². The second kappa shape index (κ2) is 8.40. The lowest BCUT2D eigenvalue weighted by Gasteiger charge is -2.30. The first-order valence-electron chi connectivity index (χ1n) is 7.42. The molecule has 0 amide bonds. The van der Waals surface area contributed by atoms with Gasteiger partial charge in [-0.3, -0.25) is 0 Å². The van der Waals surface area contributed by atoms with Crippen molar-refractivity contribution in [3.63, 3.8) is 0 Å². The molecule has 0 heterocycles. The lowest BCUT2D eigenvalue weighted by Crippen LogP contribution is -2.38. The fraction of sp³-hybridized carbons (Fsp3) is 0.647. The molecule has 0 aliphatic carbocycles. The topological polar surface area (TPSA) is 41.5 Å². The highest BCUT2D eigenvalue weighted by Crippen LogP contribution is 2.24. The predicted octanol–water partition coefficient (Wildman–Crippen LogP) is 2.84. The molecule has 0 aliphatic rings. The Labute approximate surface area is 123 Å². The first-order chi connectivity index (χ1) is 9.42. The van der Waals surface area contributed by atoms with Crippen LogP contribution in [-0.4, -0.2) is 30.9 Å². The van der Waals surface area contributed by atoms with E-state index < -0.39 is 6.10 Å². The summed E-state index contributed by atoms with van der Waals surface area (Å²) >= 11 is 0. The molecule has 1 aromatic carbocycles. The van der Waals surface area contributed by atoms with Gasteiger partial charge in [-0.05, 0) is 16.9 Å². The van der Waals surface area contributed by atoms with Gasteiger partial charge < -0.3 is 15.2 Å². The van der Waals surface area contributed by atoms with E-state index in [-0.39, 0.29) is 5.41 Å². The molecule has 0 saturated heterocycles. The highest BCUT2D eigenvalue weighted by Gasteiger charge is 2.21. The van der Waals surface area contributed by atoms with Gasteiger partial charge in [-0.25, -0.2) is 0 Å². The third kappa shape index (κ3) is 6.51. The van der Waals surface area contributed by atoms with Crippen LogP contribution < -0.4 is 5.32 Å². The van der Waals surface area contributed by atoms with E-state index in [1.165, 1.54) is 0 Å². The summed E-state index contributed by atoms with van der Waals surface area (Å²) in [6, 6.07) is 10.0. The summed E-state index contributed by atoms with van der Waals surface area (Å²) in [6.45, 7) is 11.3. The molecule has 2 N–H and O–H groups in total. The van der Waals surface area contributed by atoms with Crippen molar-refractivity contribution in [3.8, 4) is 0 Å². The van der Waals surface area contributed by atoms with Crippen molar-refractivity contribution in [2.24, 2.45) is 11.3 Å². The van der Waals surface area contributed by atoms with Gasteiger partial charge >= 0.3 is 0 Å². The molecule has 1 aromatic rings. The first kappa shape index (κ1) is 17.2. The van der Waals surface area contributed by atoms with Gasteiger partial charge in [-0.1, -0.05) is 58.0 Å². The lowest BCUT2D eigenvalue weighted by molar-refractivity contribution is 0.0273. The number of benzene rings is 1. The van der Waals surface area contributed by atoms with Crippen molar-refractivity contribution in [2.75, 3.05) is 19.7 Å². The van der Waals surface area contributed by atoms with E-state index in [2.05, 4.69) is 33.0 Å². The monoisotopic (exact) mass is 279 g/mol. The van der Waals surface area contributed by atoms with Crippen molar-refractivity contribution in [2.45, 2.75) is 40.4 Å². The highest BCUT2D eigenvalue weighted by molar-refractivity contribution is 5.13. The third-order valence-corrected chi connectivity index (χ3v) is 3.95. The van der Waals surface area contributed by atoms with Crippen molar-refractivity contribution in [1.82, 2.24) is 5.32 Å². The van der Waals surface area contributed by atoms with E-state index in [9.17, 15) is 5.11 Å². The summed E-state index contributed by atoms with van der Waals surface area (Å²) < 4.78 is 5.52. The maximum absolute atomic E-state index is 9.88. The normalized spacial score (nSPS) is 13.7. The fourth-order valence-corrected chi connectivity index (χ4v) is 1.71. The standard InChI is InChI=1S/C17H29NO2/c1-14(2)17(3,4)13-18-10-16(19)12-20-11-15-8-6-5-7-9-15/h5-9,14,16,18-19H,10-13H2,1-4H3. The molecule has 0 spiro atoms. The summed E-state index contributed by atoms with van der Waals surface area (Å²) in [5.74, 6) is 0.612. The van der Waals surface area contributed by atoms with Gasteiger partial charge in [0, 0.05) is 13.1 Å². The van der Waals surface area contributed by atoms with E-state index in [1.54, 1.807) is 0 Å². The van der Waals surface area contributed by atoms with Crippen LogP contribution in [0.2, 0.25) is 0 Å². The number of nitrogens with one attached hydrogen (secondary N) is 1. The van der Waals surface area contributed by atoms with Crippen LogP contribution in [0.3, 0.4) is 0 Å². The molecule has 0 fully saturated rings. The average molecular weight is 279 g/mol. The summed E-state index contributed by atoms with van der Waals surface area (Å²) in [5.41, 5.74) is 1.37. The second-order valence-corrected chi connectivity index (χ2v) is 6.43. The summed E-state index contributed by atoms with van der Waals surface area (Å²) in [7, 11) is 0. The van der Waals surface area contributed by atoms with E-state index in [0.29, 0.717) is 25.7 Å². The number of aliphatic hydroxyl groups is 1. The molecule has 1 rings (SSSR count). The Morgan fingerprint density at radius 3 is 2.45 bits per heavy atom. The summed E-state index contributed by atoms with van der Waals surface area (Å²) in [6.07, 6.45) is -0.457. The van der Waals surface area contributed by atoms with Gasteiger partial charge in [0.25, 0.3) is 0 Å². The Balaban J connectivity index is 2.13. The van der Waals surface area contributed by atoms with Gasteiger partial charge in [0.1, 0.15) is 0 Å². The molecule has 3 nitrogen and oxygen atoms in total. The largest absolute Gasteiger partial charge is 0.389 e. The zero-order valence-electron chi connectivity index (χ0n) is 13.2. The summed E-state index contributed by atoms with van der Waals surface area (Å²) in [5, 5.41) is 13.2. The smallest absolute Gasteiger partial charge is 0.0897 e. The Morgan fingerprint density at radius 1 is 1.20 bits per heavy atom. The molecular formula is C17H29NO2. The fourth-order valence-electron chi connectivity index (χ4n) is 1.71. The molecular weight excluding hydrogens is 250 g/mol. The minimum atomic E-state index is -0.457. The van der Waals surface area contributed by atoms with Crippen molar-refractivity contribution >= 4 is 0 Å². The molecule has 0 aromatic heterocycles. The van der Waals surface area contributed by atoms with E-state index in [4.69, 9.17) is 4.74 Å². The first-order valence-corrected chi connectivity index (χ1v) is 7.42. The molecule has 0 radical (unpaired) electrons. The van der Waals surface area contributed by atoms with Crippen LogP contribution >= 0.6 is 0 Å². The number of ether oxygens (including phenoxy) is 1. The minimum absolute atomic E-state index is 0.241. The van der Waals surface area contributed by atoms with Crippen LogP contribution in [0.4, 0.5) is 0 Å². The second-order valence-electron chi connectivity index (χ2n) is 6.43. The van der Waals surface area contributed by atoms with Gasteiger partial charge in [0.15, 0.2) is 0 Å². The van der Waals surface area contributed by atoms with Crippen molar-refractivity contribution in [1.29, 1.82) is 0 Å². The van der Waals surface area contributed by atoms with Crippen LogP contribution in [-0.2, 0) is 11.3 Å². The van der Waals surface area contributed by atoms with Gasteiger partial charge in [0.05, 0.1) is 19.3 Å². The van der Waals surface area contributed by atoms with Crippen LogP contribution in [0, 0.1) is 11.3 Å². The van der Waals surface area contributed by atoms with Gasteiger partial charge in [-0.15, -0.1) is 0 Å². The number of hydrogen-bond donors (Lipinski definition) is 2. The SMILES string of the molecule is CC(C)C(C)(C)CNCC(O)COCc1ccccc1. The molecule has 1 unspecified atom stereocenters. The van der Waals surface area contributed by atoms with Crippen LogP contribution in [0.15, 0.2) is 30.3 Å².